The van der Waals surface area contributed by atoms with Gasteiger partial charge in [0, 0.05) is 24.1 Å². The molecule has 1 fully saturated rings. The summed E-state index contributed by atoms with van der Waals surface area (Å²) < 4.78 is 0. The topological polar surface area (TPSA) is 52.5 Å². The second kappa shape index (κ2) is 4.80. The van der Waals surface area contributed by atoms with E-state index in [0.29, 0.717) is 22.2 Å². The average molecular weight is 262 g/mol. The molecule has 0 radical (unpaired) electrons. The summed E-state index contributed by atoms with van der Waals surface area (Å²) in [6, 6.07) is 3.06. The highest BCUT2D eigenvalue weighted by Crippen LogP contribution is 2.37. The molecule has 0 aliphatic carbocycles. The largest absolute Gasteiger partial charge is 0.508 e. The van der Waals surface area contributed by atoms with Gasteiger partial charge < -0.3 is 15.5 Å². The van der Waals surface area contributed by atoms with Crippen LogP contribution in [0.15, 0.2) is 12.1 Å². The van der Waals surface area contributed by atoms with E-state index in [1.165, 1.54) is 6.07 Å². The molecule has 5 heteroatoms. The summed E-state index contributed by atoms with van der Waals surface area (Å²) in [7, 11) is 0. The molecule has 3 nitrogen and oxygen atoms in total. The van der Waals surface area contributed by atoms with Gasteiger partial charge in [-0.25, -0.2) is 0 Å². The van der Waals surface area contributed by atoms with Crippen LogP contribution in [0.4, 0.5) is 0 Å². The van der Waals surface area contributed by atoms with Crippen LogP contribution in [0.5, 0.6) is 5.75 Å². The van der Waals surface area contributed by atoms with Crippen molar-refractivity contribution < 1.29 is 10.2 Å². The number of β-amino-alcohol motifs (C(OH)–C–C–N with tert-alkyl or cyclic N) is 1. The fourth-order valence-electron chi connectivity index (χ4n) is 2.05. The minimum Gasteiger partial charge on any atom is -0.508 e. The van der Waals surface area contributed by atoms with Crippen molar-refractivity contribution in [1.29, 1.82) is 0 Å². The van der Waals surface area contributed by atoms with Crippen LogP contribution in [0.2, 0.25) is 10.0 Å². The van der Waals surface area contributed by atoms with Crippen molar-refractivity contribution in [3.63, 3.8) is 0 Å². The summed E-state index contributed by atoms with van der Waals surface area (Å²) in [6.45, 7) is 1.35. The van der Waals surface area contributed by atoms with Gasteiger partial charge in [-0.3, -0.25) is 0 Å². The van der Waals surface area contributed by atoms with E-state index in [-0.39, 0.29) is 11.7 Å². The van der Waals surface area contributed by atoms with E-state index in [0.717, 1.165) is 13.0 Å². The zero-order chi connectivity index (χ0) is 11.7. The van der Waals surface area contributed by atoms with Crippen LogP contribution in [0.3, 0.4) is 0 Å². The third kappa shape index (κ3) is 2.28. The number of aliphatic hydroxyl groups excluding tert-OH is 1. The minimum atomic E-state index is -0.503. The number of hydrogen-bond donors (Lipinski definition) is 3. The Bertz CT molecular complexity index is 398. The lowest BCUT2D eigenvalue weighted by Crippen LogP contribution is -2.39. The molecule has 0 spiro atoms. The van der Waals surface area contributed by atoms with Crippen LogP contribution in [0, 0.1) is 0 Å². The Morgan fingerprint density at radius 1 is 1.25 bits per heavy atom. The molecule has 88 valence electrons. The predicted molar refractivity (Wildman–Crippen MR) is 64.4 cm³/mol. The molecule has 16 heavy (non-hydrogen) atoms. The molecule has 1 heterocycles. The van der Waals surface area contributed by atoms with Crippen molar-refractivity contribution in [1.82, 2.24) is 5.32 Å². The van der Waals surface area contributed by atoms with Crippen LogP contribution in [-0.4, -0.2) is 29.4 Å². The van der Waals surface area contributed by atoms with Crippen LogP contribution >= 0.6 is 23.2 Å². The quantitative estimate of drug-likeness (QED) is 0.726. The van der Waals surface area contributed by atoms with Gasteiger partial charge in [0.1, 0.15) is 5.75 Å². The Balaban J connectivity index is 2.35. The smallest absolute Gasteiger partial charge is 0.120 e. The van der Waals surface area contributed by atoms with Gasteiger partial charge in [-0.15, -0.1) is 0 Å². The highest BCUT2D eigenvalue weighted by molar-refractivity contribution is 6.42. The van der Waals surface area contributed by atoms with Gasteiger partial charge in [0.2, 0.25) is 0 Å². The van der Waals surface area contributed by atoms with Gasteiger partial charge >= 0.3 is 0 Å². The second-order valence-electron chi connectivity index (χ2n) is 3.99. The normalized spacial score (nSPS) is 25.7. The molecule has 0 saturated carbocycles. The summed E-state index contributed by atoms with van der Waals surface area (Å²) in [6.07, 6.45) is 0.268. The first kappa shape index (κ1) is 12.0. The van der Waals surface area contributed by atoms with Gasteiger partial charge in [-0.05, 0) is 19.0 Å². The summed E-state index contributed by atoms with van der Waals surface area (Å²) >= 11 is 11.7. The molecule has 1 saturated heterocycles. The number of benzene rings is 1. The van der Waals surface area contributed by atoms with Gasteiger partial charge in [0.05, 0.1) is 16.1 Å². The molecule has 1 aromatic rings. The fraction of sp³-hybridized carbons (Fsp3) is 0.455. The lowest BCUT2D eigenvalue weighted by molar-refractivity contribution is 0.117. The van der Waals surface area contributed by atoms with E-state index in [1.54, 1.807) is 6.07 Å². The van der Waals surface area contributed by atoms with Crippen LogP contribution in [0.1, 0.15) is 17.9 Å². The first-order valence-electron chi connectivity index (χ1n) is 5.16. The van der Waals surface area contributed by atoms with Crippen LogP contribution < -0.4 is 5.32 Å². The molecule has 0 aromatic heterocycles. The lowest BCUT2D eigenvalue weighted by Gasteiger charge is -2.29. The molecular weight excluding hydrogens is 249 g/mol. The van der Waals surface area contributed by atoms with Gasteiger partial charge in [-0.2, -0.15) is 0 Å². The SMILES string of the molecule is Oc1cc(Cl)c(Cl)cc1[C@H]1CCNC[C@@H]1O. The predicted octanol–water partition coefficient (Wildman–Crippen LogP) is 2.14. The molecule has 0 bridgehead atoms. The lowest BCUT2D eigenvalue weighted by atomic mass is 9.87. The summed E-state index contributed by atoms with van der Waals surface area (Å²) in [5.74, 6) is 0.0105. The summed E-state index contributed by atoms with van der Waals surface area (Å²) in [4.78, 5) is 0. The van der Waals surface area contributed by atoms with E-state index in [1.807, 2.05) is 0 Å². The van der Waals surface area contributed by atoms with E-state index in [9.17, 15) is 10.2 Å². The zero-order valence-electron chi connectivity index (χ0n) is 8.58. The number of rotatable bonds is 1. The van der Waals surface area contributed by atoms with Gasteiger partial charge in [-0.1, -0.05) is 23.2 Å². The number of hydrogen-bond acceptors (Lipinski definition) is 3. The Kier molecular flexibility index (Phi) is 3.60. The molecule has 1 aliphatic rings. The third-order valence-corrected chi connectivity index (χ3v) is 3.64. The minimum absolute atomic E-state index is 0.0870. The van der Waals surface area contributed by atoms with Gasteiger partial charge in [0.25, 0.3) is 0 Å². The standard InChI is InChI=1S/C11H13Cl2NO2/c12-8-3-7(10(15)4-9(8)13)6-1-2-14-5-11(6)16/h3-4,6,11,14-16H,1-2,5H2/t6-,11+/m1/s1. The number of halogens is 2. The fourth-order valence-corrected chi connectivity index (χ4v) is 2.38. The number of phenols is 1. The number of aliphatic hydroxyl groups is 1. The third-order valence-electron chi connectivity index (χ3n) is 2.92. The summed E-state index contributed by atoms with van der Waals surface area (Å²) in [5, 5.41) is 23.5. The molecular formula is C11H13Cl2NO2. The molecule has 1 aliphatic heterocycles. The molecule has 2 atom stereocenters. The zero-order valence-corrected chi connectivity index (χ0v) is 10.1. The Labute approximate surface area is 104 Å². The van der Waals surface area contributed by atoms with Crippen molar-refractivity contribution in [2.75, 3.05) is 13.1 Å². The molecule has 1 aromatic carbocycles. The molecule has 3 N–H and O–H groups in total. The maximum Gasteiger partial charge on any atom is 0.120 e. The highest BCUT2D eigenvalue weighted by atomic mass is 35.5. The van der Waals surface area contributed by atoms with E-state index in [2.05, 4.69) is 5.32 Å². The Morgan fingerprint density at radius 3 is 2.62 bits per heavy atom. The maximum absolute atomic E-state index is 9.86. The molecule has 0 unspecified atom stereocenters. The number of piperidine rings is 1. The van der Waals surface area contributed by atoms with Crippen molar-refractivity contribution in [3.05, 3.63) is 27.7 Å². The first-order valence-corrected chi connectivity index (χ1v) is 5.92. The van der Waals surface area contributed by atoms with E-state index >= 15 is 0 Å². The Morgan fingerprint density at radius 2 is 1.94 bits per heavy atom. The van der Waals surface area contributed by atoms with Crippen LogP contribution in [0.25, 0.3) is 0 Å². The molecule has 2 rings (SSSR count). The van der Waals surface area contributed by atoms with Crippen molar-refractivity contribution >= 4 is 23.2 Å². The summed E-state index contributed by atoms with van der Waals surface area (Å²) in [5.41, 5.74) is 0.670. The Hall–Kier alpha value is -0.480. The monoisotopic (exact) mass is 261 g/mol. The van der Waals surface area contributed by atoms with Gasteiger partial charge in [0.15, 0.2) is 0 Å². The van der Waals surface area contributed by atoms with E-state index in [4.69, 9.17) is 23.2 Å². The second-order valence-corrected chi connectivity index (χ2v) is 4.81. The van der Waals surface area contributed by atoms with E-state index < -0.39 is 6.10 Å². The molecule has 0 amide bonds. The maximum atomic E-state index is 9.86. The first-order chi connectivity index (χ1) is 7.59. The number of nitrogens with one attached hydrogen (secondary N) is 1. The van der Waals surface area contributed by atoms with Crippen LogP contribution in [-0.2, 0) is 0 Å². The van der Waals surface area contributed by atoms with Crippen molar-refractivity contribution in [3.8, 4) is 5.75 Å². The highest BCUT2D eigenvalue weighted by Gasteiger charge is 2.27. The number of phenolic OH excluding ortho intramolecular Hbond substituents is 1. The van der Waals surface area contributed by atoms with Crippen molar-refractivity contribution in [2.45, 2.75) is 18.4 Å². The van der Waals surface area contributed by atoms with Crippen molar-refractivity contribution in [2.24, 2.45) is 0 Å². The number of aromatic hydroxyl groups is 1. The average Bonchev–Trinajstić information content (AvgIpc) is 2.25.